The molecule has 1 atom stereocenters. The zero-order chi connectivity index (χ0) is 17.3. The van der Waals surface area contributed by atoms with E-state index in [4.69, 9.17) is 10.00 Å². The average molecular weight is 327 g/mol. The van der Waals surface area contributed by atoms with Crippen LogP contribution in [0, 0.1) is 11.3 Å². The molecule has 3 rings (SSSR count). The van der Waals surface area contributed by atoms with E-state index < -0.39 is 18.4 Å². The van der Waals surface area contributed by atoms with Crippen LogP contribution in [0.5, 0.6) is 0 Å². The summed E-state index contributed by atoms with van der Waals surface area (Å²) in [6.45, 7) is 1.34. The number of benzene rings is 1. The first-order valence-electron chi connectivity index (χ1n) is 7.75. The number of amides is 1. The second-order valence-corrected chi connectivity index (χ2v) is 6.07. The Morgan fingerprint density at radius 1 is 1.38 bits per heavy atom. The third-order valence-corrected chi connectivity index (χ3v) is 4.46. The van der Waals surface area contributed by atoms with Crippen molar-refractivity contribution in [3.05, 3.63) is 41.6 Å². The summed E-state index contributed by atoms with van der Waals surface area (Å²) in [4.78, 5) is 11.8. The topological polar surface area (TPSA) is 67.0 Å². The number of fused-ring (bicyclic) bond motifs is 1. The molecule has 0 saturated carbocycles. The van der Waals surface area contributed by atoms with Crippen molar-refractivity contribution in [2.24, 2.45) is 7.05 Å². The summed E-state index contributed by atoms with van der Waals surface area (Å²) in [5.74, 6) is 0. The fraction of sp³-hybridized carbons (Fsp3) is 0.333. The minimum atomic E-state index is -0.872. The van der Waals surface area contributed by atoms with E-state index in [2.05, 4.69) is 11.4 Å². The molecule has 0 aliphatic carbocycles. The number of hydrogen-bond donors (Lipinski definition) is 1. The Morgan fingerprint density at radius 3 is 2.83 bits per heavy atom. The van der Waals surface area contributed by atoms with E-state index in [0.717, 1.165) is 16.8 Å². The van der Waals surface area contributed by atoms with Crippen molar-refractivity contribution in [1.82, 2.24) is 4.57 Å². The SMILES string of the molecule is Cn1c(C#N)ccc1-c1ccc2c(c1)C(C)(CCCF)OC(=O)N2. The summed E-state index contributed by atoms with van der Waals surface area (Å²) in [7, 11) is 1.83. The van der Waals surface area contributed by atoms with Crippen molar-refractivity contribution in [1.29, 1.82) is 5.26 Å². The molecule has 0 bridgehead atoms. The van der Waals surface area contributed by atoms with Gasteiger partial charge in [-0.25, -0.2) is 4.79 Å². The van der Waals surface area contributed by atoms with Crippen molar-refractivity contribution < 1.29 is 13.9 Å². The van der Waals surface area contributed by atoms with Gasteiger partial charge in [0, 0.05) is 18.3 Å². The number of hydrogen-bond acceptors (Lipinski definition) is 3. The number of halogens is 1. The van der Waals surface area contributed by atoms with E-state index in [0.29, 0.717) is 24.2 Å². The molecule has 1 amide bonds. The molecule has 1 aliphatic rings. The molecule has 0 spiro atoms. The van der Waals surface area contributed by atoms with Crippen molar-refractivity contribution in [2.45, 2.75) is 25.4 Å². The predicted molar refractivity (Wildman–Crippen MR) is 88.2 cm³/mol. The number of alkyl halides is 1. The first kappa shape index (κ1) is 16.1. The van der Waals surface area contributed by atoms with Crippen LogP contribution in [0.25, 0.3) is 11.3 Å². The molecule has 1 aromatic carbocycles. The van der Waals surface area contributed by atoms with E-state index in [9.17, 15) is 9.18 Å². The predicted octanol–water partition coefficient (Wildman–Crippen LogP) is 4.09. The maximum atomic E-state index is 12.6. The minimum absolute atomic E-state index is 0.316. The molecule has 0 fully saturated rings. The van der Waals surface area contributed by atoms with Gasteiger partial charge in [0.1, 0.15) is 17.4 Å². The Bertz CT molecular complexity index is 837. The van der Waals surface area contributed by atoms with Crippen molar-refractivity contribution >= 4 is 11.8 Å². The van der Waals surface area contributed by atoms with Crippen LogP contribution in [-0.2, 0) is 17.4 Å². The lowest BCUT2D eigenvalue weighted by Gasteiger charge is -2.36. The molecule has 0 saturated heterocycles. The second-order valence-electron chi connectivity index (χ2n) is 6.07. The summed E-state index contributed by atoms with van der Waals surface area (Å²) in [6.07, 6.45) is 0.197. The number of cyclic esters (lactones) is 1. The Morgan fingerprint density at radius 2 is 2.17 bits per heavy atom. The second kappa shape index (κ2) is 6.00. The van der Waals surface area contributed by atoms with Crippen LogP contribution in [0.2, 0.25) is 0 Å². The van der Waals surface area contributed by atoms with Crippen LogP contribution in [0.15, 0.2) is 30.3 Å². The molecule has 2 heterocycles. The lowest BCUT2D eigenvalue weighted by molar-refractivity contribution is 0.0169. The highest BCUT2D eigenvalue weighted by molar-refractivity contribution is 5.89. The molecule has 6 heteroatoms. The highest BCUT2D eigenvalue weighted by Crippen LogP contribution is 2.41. The summed E-state index contributed by atoms with van der Waals surface area (Å²) >= 11 is 0. The lowest BCUT2D eigenvalue weighted by Crippen LogP contribution is -2.37. The number of nitrogens with zero attached hydrogens (tertiary/aromatic N) is 2. The molecule has 0 radical (unpaired) electrons. The highest BCUT2D eigenvalue weighted by atomic mass is 19.1. The Balaban J connectivity index is 2.08. The van der Waals surface area contributed by atoms with Gasteiger partial charge in [0.25, 0.3) is 0 Å². The third-order valence-electron chi connectivity index (χ3n) is 4.46. The first-order valence-corrected chi connectivity index (χ1v) is 7.75. The Hall–Kier alpha value is -2.81. The summed E-state index contributed by atoms with van der Waals surface area (Å²) in [5.41, 5.74) is 2.97. The number of rotatable bonds is 4. The molecule has 5 nitrogen and oxygen atoms in total. The highest BCUT2D eigenvalue weighted by Gasteiger charge is 2.37. The number of anilines is 1. The maximum Gasteiger partial charge on any atom is 0.412 e. The fourth-order valence-corrected chi connectivity index (χ4v) is 3.15. The van der Waals surface area contributed by atoms with Crippen molar-refractivity contribution in [2.75, 3.05) is 12.0 Å². The molecule has 1 N–H and O–H groups in total. The number of carbonyl (C=O) groups is 1. The van der Waals surface area contributed by atoms with Gasteiger partial charge in [-0.3, -0.25) is 9.71 Å². The number of nitrogens with one attached hydrogen (secondary N) is 1. The smallest absolute Gasteiger partial charge is 0.412 e. The number of carbonyl (C=O) groups excluding carboxylic acids is 1. The molecule has 1 aromatic heterocycles. The molecule has 1 unspecified atom stereocenters. The Labute approximate surface area is 139 Å². The number of ether oxygens (including phenoxy) is 1. The van der Waals surface area contributed by atoms with E-state index in [-0.39, 0.29) is 0 Å². The minimum Gasteiger partial charge on any atom is -0.438 e. The van der Waals surface area contributed by atoms with Crippen molar-refractivity contribution in [3.8, 4) is 17.3 Å². The van der Waals surface area contributed by atoms with Gasteiger partial charge in [-0.1, -0.05) is 6.07 Å². The van der Waals surface area contributed by atoms with Gasteiger partial charge < -0.3 is 9.30 Å². The zero-order valence-electron chi connectivity index (χ0n) is 13.6. The van der Waals surface area contributed by atoms with Gasteiger partial charge in [0.2, 0.25) is 0 Å². The van der Waals surface area contributed by atoms with Crippen LogP contribution in [0.1, 0.15) is 31.0 Å². The van der Waals surface area contributed by atoms with Gasteiger partial charge in [0.15, 0.2) is 0 Å². The fourth-order valence-electron chi connectivity index (χ4n) is 3.15. The number of nitriles is 1. The summed E-state index contributed by atoms with van der Waals surface area (Å²) < 4.78 is 19.9. The first-order chi connectivity index (χ1) is 11.5. The molecular weight excluding hydrogens is 309 g/mol. The van der Waals surface area contributed by atoms with Crippen LogP contribution in [0.4, 0.5) is 14.9 Å². The molecular formula is C18H18FN3O2. The molecule has 2 aromatic rings. The van der Waals surface area contributed by atoms with Gasteiger partial charge in [-0.2, -0.15) is 5.26 Å². The largest absolute Gasteiger partial charge is 0.438 e. The van der Waals surface area contributed by atoms with E-state index in [1.165, 1.54) is 0 Å². The lowest BCUT2D eigenvalue weighted by atomic mass is 9.87. The normalized spacial score (nSPS) is 19.2. The number of aromatic nitrogens is 1. The standard InChI is InChI=1S/C18H18FN3O2/c1-18(8-3-9-19)14-10-12(4-6-15(14)21-17(23)24-18)16-7-5-13(11-20)22(16)2/h4-7,10H,3,8-9H2,1-2H3,(H,21,23). The van der Waals surface area contributed by atoms with E-state index >= 15 is 0 Å². The van der Waals surface area contributed by atoms with Gasteiger partial charge in [0.05, 0.1) is 12.4 Å². The Kier molecular flexibility index (Phi) is 4.02. The van der Waals surface area contributed by atoms with Crippen LogP contribution in [0.3, 0.4) is 0 Å². The average Bonchev–Trinajstić information content (AvgIpc) is 2.93. The van der Waals surface area contributed by atoms with Gasteiger partial charge in [-0.15, -0.1) is 0 Å². The molecule has 124 valence electrons. The van der Waals surface area contributed by atoms with E-state index in [1.807, 2.05) is 35.9 Å². The van der Waals surface area contributed by atoms with Crippen LogP contribution < -0.4 is 5.32 Å². The van der Waals surface area contributed by atoms with Crippen LogP contribution >= 0.6 is 0 Å². The van der Waals surface area contributed by atoms with Crippen LogP contribution in [-0.4, -0.2) is 17.3 Å². The third kappa shape index (κ3) is 2.62. The van der Waals surface area contributed by atoms with Crippen molar-refractivity contribution in [3.63, 3.8) is 0 Å². The molecule has 1 aliphatic heterocycles. The summed E-state index contributed by atoms with van der Waals surface area (Å²) in [5, 5.41) is 11.8. The van der Waals surface area contributed by atoms with E-state index in [1.54, 1.807) is 13.0 Å². The van der Waals surface area contributed by atoms with Gasteiger partial charge in [-0.05, 0) is 49.6 Å². The molecule has 24 heavy (non-hydrogen) atoms. The monoisotopic (exact) mass is 327 g/mol. The zero-order valence-corrected chi connectivity index (χ0v) is 13.6. The van der Waals surface area contributed by atoms with Gasteiger partial charge >= 0.3 is 6.09 Å². The summed E-state index contributed by atoms with van der Waals surface area (Å²) in [6, 6.07) is 11.4. The quantitative estimate of drug-likeness (QED) is 0.919. The maximum absolute atomic E-state index is 12.6.